The number of hydrogen-bond donors (Lipinski definition) is 1. The highest BCUT2D eigenvalue weighted by molar-refractivity contribution is 6.33. The van der Waals surface area contributed by atoms with Crippen LogP contribution < -0.4 is 5.32 Å². The van der Waals surface area contributed by atoms with Crippen molar-refractivity contribution in [1.82, 2.24) is 10.2 Å². The Kier molecular flexibility index (Phi) is 4.80. The van der Waals surface area contributed by atoms with Gasteiger partial charge in [-0.2, -0.15) is 0 Å². The third-order valence-electron chi connectivity index (χ3n) is 4.84. The Balaban J connectivity index is 1.76. The monoisotopic (exact) mass is 326 g/mol. The van der Waals surface area contributed by atoms with Gasteiger partial charge in [0.25, 0.3) is 0 Å². The van der Waals surface area contributed by atoms with Crippen LogP contribution in [-0.2, 0) is 6.54 Å². The molecule has 1 aliphatic carbocycles. The molecule has 116 valence electrons. The molecule has 1 saturated carbocycles. The number of piperazine rings is 1. The minimum absolute atomic E-state index is 0.568. The van der Waals surface area contributed by atoms with Gasteiger partial charge in [-0.3, -0.25) is 4.90 Å². The molecule has 2 unspecified atom stereocenters. The van der Waals surface area contributed by atoms with E-state index in [1.165, 1.54) is 12.8 Å². The van der Waals surface area contributed by atoms with Crippen LogP contribution in [0.2, 0.25) is 10.0 Å². The van der Waals surface area contributed by atoms with Crippen molar-refractivity contribution in [2.24, 2.45) is 11.8 Å². The molecule has 1 N–H and O–H groups in total. The van der Waals surface area contributed by atoms with Crippen LogP contribution in [0.25, 0.3) is 0 Å². The highest BCUT2D eigenvalue weighted by Gasteiger charge is 2.39. The highest BCUT2D eigenvalue weighted by Crippen LogP contribution is 2.37. The van der Waals surface area contributed by atoms with E-state index in [9.17, 15) is 0 Å². The molecular weight excluding hydrogens is 303 g/mol. The van der Waals surface area contributed by atoms with E-state index in [1.54, 1.807) is 0 Å². The first-order valence-corrected chi connectivity index (χ1v) is 8.71. The third kappa shape index (κ3) is 3.73. The van der Waals surface area contributed by atoms with E-state index in [-0.39, 0.29) is 0 Å². The summed E-state index contributed by atoms with van der Waals surface area (Å²) >= 11 is 12.5. The fourth-order valence-corrected chi connectivity index (χ4v) is 3.68. The maximum atomic E-state index is 6.36. The molecule has 0 radical (unpaired) electrons. The lowest BCUT2D eigenvalue weighted by Gasteiger charge is -2.42. The average Bonchev–Trinajstić information content (AvgIpc) is 3.27. The molecular formula is C17H24Cl2N2. The summed E-state index contributed by atoms with van der Waals surface area (Å²) in [6.45, 7) is 7.69. The number of nitrogens with one attached hydrogen (secondary N) is 1. The average molecular weight is 327 g/mol. The fraction of sp³-hybridized carbons (Fsp3) is 0.647. The van der Waals surface area contributed by atoms with E-state index in [2.05, 4.69) is 24.1 Å². The predicted molar refractivity (Wildman–Crippen MR) is 90.0 cm³/mol. The van der Waals surface area contributed by atoms with Crippen molar-refractivity contribution in [3.05, 3.63) is 33.8 Å². The maximum absolute atomic E-state index is 6.36. The standard InChI is InChI=1S/C17H24Cl2N2/c1-11(2)16-10-21(17(8-20-16)12-3-4-12)9-13-7-14(18)5-6-15(13)19/h5-7,11-12,16-17,20H,3-4,8-10H2,1-2H3. The van der Waals surface area contributed by atoms with Crippen molar-refractivity contribution in [2.45, 2.75) is 45.3 Å². The van der Waals surface area contributed by atoms with Crippen LogP contribution in [0.5, 0.6) is 0 Å². The molecule has 0 spiro atoms. The summed E-state index contributed by atoms with van der Waals surface area (Å²) in [5.74, 6) is 1.52. The van der Waals surface area contributed by atoms with E-state index in [4.69, 9.17) is 23.2 Å². The lowest BCUT2D eigenvalue weighted by molar-refractivity contribution is 0.0927. The van der Waals surface area contributed by atoms with E-state index >= 15 is 0 Å². The Labute approximate surface area is 137 Å². The zero-order chi connectivity index (χ0) is 15.0. The molecule has 2 fully saturated rings. The Morgan fingerprint density at radius 3 is 2.71 bits per heavy atom. The van der Waals surface area contributed by atoms with Crippen LogP contribution in [0.15, 0.2) is 18.2 Å². The fourth-order valence-electron chi connectivity index (χ4n) is 3.31. The molecule has 0 aromatic heterocycles. The number of halogens is 2. The normalized spacial score (nSPS) is 27.3. The van der Waals surface area contributed by atoms with Gasteiger partial charge in [-0.1, -0.05) is 37.0 Å². The van der Waals surface area contributed by atoms with Gasteiger partial charge in [-0.05, 0) is 48.4 Å². The van der Waals surface area contributed by atoms with E-state index < -0.39 is 0 Å². The molecule has 2 aliphatic rings. The first kappa shape index (κ1) is 15.6. The molecule has 0 bridgehead atoms. The summed E-state index contributed by atoms with van der Waals surface area (Å²) in [4.78, 5) is 2.62. The van der Waals surface area contributed by atoms with Gasteiger partial charge in [0, 0.05) is 41.8 Å². The Hall–Kier alpha value is -0.280. The van der Waals surface area contributed by atoms with Crippen molar-refractivity contribution in [3.8, 4) is 0 Å². The van der Waals surface area contributed by atoms with Gasteiger partial charge in [0.05, 0.1) is 0 Å². The summed E-state index contributed by atoms with van der Waals surface area (Å²) < 4.78 is 0. The number of rotatable bonds is 4. The van der Waals surface area contributed by atoms with Crippen molar-refractivity contribution in [1.29, 1.82) is 0 Å². The van der Waals surface area contributed by atoms with Gasteiger partial charge >= 0.3 is 0 Å². The zero-order valence-electron chi connectivity index (χ0n) is 12.8. The van der Waals surface area contributed by atoms with Crippen LogP contribution >= 0.6 is 23.2 Å². The lowest BCUT2D eigenvalue weighted by Crippen LogP contribution is -2.58. The largest absolute Gasteiger partial charge is 0.311 e. The minimum Gasteiger partial charge on any atom is -0.311 e. The van der Waals surface area contributed by atoms with Crippen LogP contribution in [0.1, 0.15) is 32.3 Å². The van der Waals surface area contributed by atoms with Crippen molar-refractivity contribution >= 4 is 23.2 Å². The van der Waals surface area contributed by atoms with Crippen molar-refractivity contribution in [3.63, 3.8) is 0 Å². The summed E-state index contributed by atoms with van der Waals surface area (Å²) in [7, 11) is 0. The highest BCUT2D eigenvalue weighted by atomic mass is 35.5. The molecule has 3 rings (SSSR count). The number of benzene rings is 1. The molecule has 2 nitrogen and oxygen atoms in total. The van der Waals surface area contributed by atoms with Gasteiger partial charge in [-0.15, -0.1) is 0 Å². The second-order valence-electron chi connectivity index (χ2n) is 6.83. The summed E-state index contributed by atoms with van der Waals surface area (Å²) in [5, 5.41) is 5.33. The van der Waals surface area contributed by atoms with Gasteiger partial charge in [0.1, 0.15) is 0 Å². The second-order valence-corrected chi connectivity index (χ2v) is 7.67. The maximum Gasteiger partial charge on any atom is 0.0452 e. The van der Waals surface area contributed by atoms with E-state index in [0.29, 0.717) is 18.0 Å². The minimum atomic E-state index is 0.568. The van der Waals surface area contributed by atoms with E-state index in [1.807, 2.05) is 18.2 Å². The molecule has 1 aromatic carbocycles. The summed E-state index contributed by atoms with van der Waals surface area (Å²) in [6.07, 6.45) is 2.75. The van der Waals surface area contributed by atoms with Crippen LogP contribution in [0.3, 0.4) is 0 Å². The molecule has 1 saturated heterocycles. The molecule has 21 heavy (non-hydrogen) atoms. The van der Waals surface area contributed by atoms with Crippen molar-refractivity contribution in [2.75, 3.05) is 13.1 Å². The molecule has 4 heteroatoms. The third-order valence-corrected chi connectivity index (χ3v) is 5.45. The topological polar surface area (TPSA) is 15.3 Å². The second kappa shape index (κ2) is 6.45. The number of nitrogens with zero attached hydrogens (tertiary/aromatic N) is 1. The number of hydrogen-bond acceptors (Lipinski definition) is 2. The molecule has 1 heterocycles. The molecule has 1 aliphatic heterocycles. The van der Waals surface area contributed by atoms with Gasteiger partial charge < -0.3 is 5.32 Å². The Bertz CT molecular complexity index is 500. The predicted octanol–water partition coefficient (Wildman–Crippen LogP) is 4.20. The van der Waals surface area contributed by atoms with Gasteiger partial charge in [0.15, 0.2) is 0 Å². The lowest BCUT2D eigenvalue weighted by atomic mass is 9.97. The SMILES string of the molecule is CC(C)C1CN(Cc2cc(Cl)ccc2Cl)C(C2CC2)CN1. The quantitative estimate of drug-likeness (QED) is 0.891. The smallest absolute Gasteiger partial charge is 0.0452 e. The van der Waals surface area contributed by atoms with Gasteiger partial charge in [-0.25, -0.2) is 0 Å². The van der Waals surface area contributed by atoms with Crippen LogP contribution in [-0.4, -0.2) is 30.1 Å². The first-order valence-electron chi connectivity index (χ1n) is 7.96. The van der Waals surface area contributed by atoms with Crippen LogP contribution in [0, 0.1) is 11.8 Å². The molecule has 1 aromatic rings. The summed E-state index contributed by atoms with van der Waals surface area (Å²) in [6, 6.07) is 7.00. The zero-order valence-corrected chi connectivity index (χ0v) is 14.3. The Morgan fingerprint density at radius 2 is 2.05 bits per heavy atom. The summed E-state index contributed by atoms with van der Waals surface area (Å²) in [5.41, 5.74) is 1.15. The van der Waals surface area contributed by atoms with E-state index in [0.717, 1.165) is 41.2 Å². The molecule has 0 amide bonds. The molecule has 2 atom stereocenters. The van der Waals surface area contributed by atoms with Gasteiger partial charge in [0.2, 0.25) is 0 Å². The van der Waals surface area contributed by atoms with Crippen molar-refractivity contribution < 1.29 is 0 Å². The first-order chi connectivity index (χ1) is 10.0. The Morgan fingerprint density at radius 1 is 1.29 bits per heavy atom. The van der Waals surface area contributed by atoms with Crippen LogP contribution in [0.4, 0.5) is 0 Å².